The van der Waals surface area contributed by atoms with Gasteiger partial charge in [0, 0.05) is 0 Å². The fourth-order valence-corrected chi connectivity index (χ4v) is 2.52. The summed E-state index contributed by atoms with van der Waals surface area (Å²) in [6.45, 7) is 6.12. The highest BCUT2D eigenvalue weighted by atomic mass is 35.5. The first-order valence-corrected chi connectivity index (χ1v) is 8.54. The fraction of sp³-hybridized carbons (Fsp3) is 0.167. The van der Waals surface area contributed by atoms with Gasteiger partial charge in [-0.2, -0.15) is 0 Å². The van der Waals surface area contributed by atoms with Gasteiger partial charge in [-0.3, -0.25) is 4.79 Å². The van der Waals surface area contributed by atoms with E-state index in [9.17, 15) is 4.79 Å². The molecule has 0 heterocycles. The number of carbonyl (C=O) groups is 1. The van der Waals surface area contributed by atoms with Crippen molar-refractivity contribution in [1.82, 2.24) is 0 Å². The number of carbonyl (C=O) groups excluding carboxylic acids is 1. The molecule has 0 aliphatic heterocycles. The average Bonchev–Trinajstić information content (AvgIpc) is 2.56. The van der Waals surface area contributed by atoms with Crippen LogP contribution in [0.1, 0.15) is 6.92 Å². The van der Waals surface area contributed by atoms with E-state index in [2.05, 4.69) is 17.2 Å². The first-order valence-electron chi connectivity index (χ1n) is 7.41. The Bertz CT molecular complexity index is 794. The molecule has 0 atom stereocenters. The van der Waals surface area contributed by atoms with E-state index in [1.54, 1.807) is 0 Å². The Labute approximate surface area is 161 Å². The molecule has 0 spiro atoms. The van der Waals surface area contributed by atoms with E-state index in [1.807, 2.05) is 31.2 Å². The zero-order chi connectivity index (χ0) is 18.4. The largest absolute Gasteiger partial charge is 0.487 e. The summed E-state index contributed by atoms with van der Waals surface area (Å²) >= 11 is 17.9. The number of hydrogen-bond acceptors (Lipinski definition) is 3. The van der Waals surface area contributed by atoms with Crippen molar-refractivity contribution < 1.29 is 9.53 Å². The minimum Gasteiger partial charge on any atom is -0.487 e. The number of anilines is 2. The molecule has 0 bridgehead atoms. The lowest BCUT2D eigenvalue weighted by molar-refractivity contribution is -0.114. The van der Waals surface area contributed by atoms with Gasteiger partial charge in [0.05, 0.1) is 33.0 Å². The Morgan fingerprint density at radius 1 is 1.08 bits per heavy atom. The number of rotatable bonds is 7. The summed E-state index contributed by atoms with van der Waals surface area (Å²) in [6.07, 6.45) is 0. The van der Waals surface area contributed by atoms with Crippen LogP contribution in [-0.4, -0.2) is 19.1 Å². The molecule has 2 N–H and O–H groups in total. The molecule has 25 heavy (non-hydrogen) atoms. The maximum atomic E-state index is 12.1. The summed E-state index contributed by atoms with van der Waals surface area (Å²) in [6, 6.07) is 10.3. The van der Waals surface area contributed by atoms with Crippen LogP contribution in [0, 0.1) is 0 Å². The van der Waals surface area contributed by atoms with Crippen LogP contribution in [-0.2, 0) is 4.79 Å². The van der Waals surface area contributed by atoms with Crippen LogP contribution in [0.3, 0.4) is 0 Å². The van der Waals surface area contributed by atoms with Crippen molar-refractivity contribution in [3.63, 3.8) is 0 Å². The van der Waals surface area contributed by atoms with Crippen molar-refractivity contribution in [2.45, 2.75) is 6.92 Å². The van der Waals surface area contributed by atoms with Crippen molar-refractivity contribution in [2.24, 2.45) is 0 Å². The second-order valence-electron chi connectivity index (χ2n) is 5.39. The smallest absolute Gasteiger partial charge is 0.243 e. The first kappa shape index (κ1) is 19.4. The van der Waals surface area contributed by atoms with E-state index in [0.717, 1.165) is 5.57 Å². The normalized spacial score (nSPS) is 10.2. The third kappa shape index (κ3) is 5.85. The third-order valence-electron chi connectivity index (χ3n) is 3.08. The molecule has 0 unspecified atom stereocenters. The Morgan fingerprint density at radius 3 is 2.48 bits per heavy atom. The van der Waals surface area contributed by atoms with E-state index in [1.165, 1.54) is 12.1 Å². The predicted molar refractivity (Wildman–Crippen MR) is 105 cm³/mol. The van der Waals surface area contributed by atoms with Crippen molar-refractivity contribution >= 4 is 52.1 Å². The van der Waals surface area contributed by atoms with E-state index in [4.69, 9.17) is 39.5 Å². The summed E-state index contributed by atoms with van der Waals surface area (Å²) < 4.78 is 5.65. The summed E-state index contributed by atoms with van der Waals surface area (Å²) in [5, 5.41) is 6.67. The second kappa shape index (κ2) is 8.99. The van der Waals surface area contributed by atoms with Crippen LogP contribution in [0.25, 0.3) is 0 Å². The molecule has 7 heteroatoms. The topological polar surface area (TPSA) is 50.4 Å². The van der Waals surface area contributed by atoms with E-state index < -0.39 is 0 Å². The maximum Gasteiger partial charge on any atom is 0.243 e. The van der Waals surface area contributed by atoms with Gasteiger partial charge in [0.25, 0.3) is 0 Å². The molecular formula is C18H17Cl3N2O2. The molecule has 0 saturated heterocycles. The summed E-state index contributed by atoms with van der Waals surface area (Å²) in [4.78, 5) is 12.1. The number of amides is 1. The van der Waals surface area contributed by atoms with Crippen molar-refractivity contribution in [3.05, 3.63) is 63.6 Å². The standard InChI is InChI=1S/C18H17Cl3N2O2/c1-11(2)10-25-17-6-4-3-5-15(17)22-9-18(24)23-16-8-13(20)12(19)7-14(16)21/h3-8,22H,1,9-10H2,2H3,(H,23,24). The molecule has 132 valence electrons. The fourth-order valence-electron chi connectivity index (χ4n) is 1.93. The number of benzene rings is 2. The van der Waals surface area contributed by atoms with Crippen LogP contribution in [0.5, 0.6) is 5.75 Å². The molecule has 2 rings (SSSR count). The lowest BCUT2D eigenvalue weighted by Gasteiger charge is -2.14. The molecule has 0 saturated carbocycles. The zero-order valence-corrected chi connectivity index (χ0v) is 15.8. The van der Waals surface area contributed by atoms with Crippen LogP contribution < -0.4 is 15.4 Å². The molecule has 4 nitrogen and oxygen atoms in total. The second-order valence-corrected chi connectivity index (χ2v) is 6.61. The van der Waals surface area contributed by atoms with Gasteiger partial charge in [-0.05, 0) is 36.8 Å². The van der Waals surface area contributed by atoms with Crippen LogP contribution in [0.2, 0.25) is 15.1 Å². The molecule has 0 radical (unpaired) electrons. The number of para-hydroxylation sites is 2. The molecule has 0 aromatic heterocycles. The third-order valence-corrected chi connectivity index (χ3v) is 4.12. The van der Waals surface area contributed by atoms with Gasteiger partial charge in [-0.25, -0.2) is 0 Å². The predicted octanol–water partition coefficient (Wildman–Crippen LogP) is 5.65. The van der Waals surface area contributed by atoms with Gasteiger partial charge in [0.15, 0.2) is 0 Å². The summed E-state index contributed by atoms with van der Waals surface area (Å²) in [5.74, 6) is 0.362. The molecule has 0 fully saturated rings. The van der Waals surface area contributed by atoms with Gasteiger partial charge in [-0.15, -0.1) is 0 Å². The minimum atomic E-state index is -0.282. The van der Waals surface area contributed by atoms with E-state index in [-0.39, 0.29) is 12.5 Å². The number of nitrogens with one attached hydrogen (secondary N) is 2. The Hall–Kier alpha value is -1.88. The lowest BCUT2D eigenvalue weighted by atomic mass is 10.3. The Morgan fingerprint density at radius 2 is 1.76 bits per heavy atom. The quantitative estimate of drug-likeness (QED) is 0.467. The van der Waals surface area contributed by atoms with Crippen LogP contribution in [0.4, 0.5) is 11.4 Å². The van der Waals surface area contributed by atoms with Gasteiger partial charge in [-0.1, -0.05) is 53.5 Å². The highest BCUT2D eigenvalue weighted by Crippen LogP contribution is 2.32. The van der Waals surface area contributed by atoms with E-state index in [0.29, 0.717) is 38.8 Å². The summed E-state index contributed by atoms with van der Waals surface area (Å²) in [5.41, 5.74) is 2.01. The minimum absolute atomic E-state index is 0.0318. The van der Waals surface area contributed by atoms with Crippen LogP contribution in [0.15, 0.2) is 48.6 Å². The molecule has 2 aromatic rings. The Kier molecular flexibility index (Phi) is 7.00. The number of halogens is 3. The van der Waals surface area contributed by atoms with Crippen molar-refractivity contribution in [2.75, 3.05) is 23.8 Å². The maximum absolute atomic E-state index is 12.1. The van der Waals surface area contributed by atoms with Gasteiger partial charge >= 0.3 is 0 Å². The molecular weight excluding hydrogens is 383 g/mol. The van der Waals surface area contributed by atoms with Gasteiger partial charge < -0.3 is 15.4 Å². The first-order chi connectivity index (χ1) is 11.9. The number of ether oxygens (including phenoxy) is 1. The average molecular weight is 400 g/mol. The molecule has 0 aliphatic carbocycles. The monoisotopic (exact) mass is 398 g/mol. The highest BCUT2D eigenvalue weighted by Gasteiger charge is 2.10. The zero-order valence-electron chi connectivity index (χ0n) is 13.5. The van der Waals surface area contributed by atoms with Crippen LogP contribution >= 0.6 is 34.8 Å². The van der Waals surface area contributed by atoms with Crippen molar-refractivity contribution in [3.8, 4) is 5.75 Å². The van der Waals surface area contributed by atoms with Gasteiger partial charge in [0.1, 0.15) is 12.4 Å². The van der Waals surface area contributed by atoms with Gasteiger partial charge in [0.2, 0.25) is 5.91 Å². The Balaban J connectivity index is 1.99. The molecule has 2 aromatic carbocycles. The highest BCUT2D eigenvalue weighted by molar-refractivity contribution is 6.44. The summed E-state index contributed by atoms with van der Waals surface area (Å²) in [7, 11) is 0. The molecule has 1 amide bonds. The molecule has 0 aliphatic rings. The number of hydrogen-bond donors (Lipinski definition) is 2. The lowest BCUT2D eigenvalue weighted by Crippen LogP contribution is -2.22. The van der Waals surface area contributed by atoms with E-state index >= 15 is 0 Å². The van der Waals surface area contributed by atoms with Crippen molar-refractivity contribution in [1.29, 1.82) is 0 Å². The SMILES string of the molecule is C=C(C)COc1ccccc1NCC(=O)Nc1cc(Cl)c(Cl)cc1Cl.